The molecule has 3 nitrogen and oxygen atoms in total. The summed E-state index contributed by atoms with van der Waals surface area (Å²) in [6.45, 7) is 3.51. The Morgan fingerprint density at radius 1 is 1.60 bits per heavy atom. The molecule has 1 aromatic rings. The monoisotopic (exact) mass is 157 g/mol. The molecule has 0 amide bonds. The lowest BCUT2D eigenvalue weighted by Gasteiger charge is -1.87. The van der Waals surface area contributed by atoms with Crippen LogP contribution in [0.4, 0.5) is 5.69 Å². The fourth-order valence-electron chi connectivity index (χ4n) is 0.839. The zero-order chi connectivity index (χ0) is 7.72. The Hall–Kier alpha value is -0.900. The van der Waals surface area contributed by atoms with Gasteiger partial charge in [-0.25, -0.2) is 0 Å². The van der Waals surface area contributed by atoms with Gasteiger partial charge in [0, 0.05) is 10.9 Å². The summed E-state index contributed by atoms with van der Waals surface area (Å²) in [5.41, 5.74) is 1.03. The predicted octanol–water partition coefficient (Wildman–Crippen LogP) is 2.27. The molecule has 0 bridgehead atoms. The van der Waals surface area contributed by atoms with Crippen LogP contribution in [-0.4, -0.2) is 4.92 Å². The summed E-state index contributed by atoms with van der Waals surface area (Å²) in [5.74, 6) is 0. The first-order valence-corrected chi connectivity index (χ1v) is 3.70. The lowest BCUT2D eigenvalue weighted by Crippen LogP contribution is -1.88. The molecule has 0 spiro atoms. The molecule has 4 heteroatoms. The number of rotatable bonds is 1. The van der Waals surface area contributed by atoms with E-state index in [0.29, 0.717) is 0 Å². The molecule has 0 aromatic carbocycles. The Labute approximate surface area is 62.5 Å². The Bertz CT molecular complexity index is 247. The molecule has 0 unspecified atom stereocenters. The first-order valence-electron chi connectivity index (χ1n) is 2.82. The van der Waals surface area contributed by atoms with Crippen LogP contribution in [0.2, 0.25) is 0 Å². The molecule has 0 saturated carbocycles. The second-order valence-electron chi connectivity index (χ2n) is 2.08. The van der Waals surface area contributed by atoms with E-state index in [0.717, 1.165) is 10.4 Å². The number of hydrogen-bond donors (Lipinski definition) is 0. The van der Waals surface area contributed by atoms with Crippen LogP contribution < -0.4 is 0 Å². The Kier molecular flexibility index (Phi) is 1.72. The van der Waals surface area contributed by atoms with Crippen molar-refractivity contribution >= 4 is 17.0 Å². The molecule has 1 rings (SSSR count). The summed E-state index contributed by atoms with van der Waals surface area (Å²) < 4.78 is 0. The highest BCUT2D eigenvalue weighted by molar-refractivity contribution is 7.10. The number of hydrogen-bond acceptors (Lipinski definition) is 3. The summed E-state index contributed by atoms with van der Waals surface area (Å²) in [4.78, 5) is 10.8. The van der Waals surface area contributed by atoms with Gasteiger partial charge in [0.1, 0.15) is 0 Å². The normalized spacial score (nSPS) is 9.80. The van der Waals surface area contributed by atoms with Crippen molar-refractivity contribution < 1.29 is 4.92 Å². The third-order valence-corrected chi connectivity index (χ3v) is 2.32. The van der Waals surface area contributed by atoms with Gasteiger partial charge in [-0.2, -0.15) is 0 Å². The summed E-state index contributed by atoms with van der Waals surface area (Å²) in [5, 5.41) is 12.1. The van der Waals surface area contributed by atoms with E-state index in [1.165, 1.54) is 11.3 Å². The van der Waals surface area contributed by atoms with Crippen molar-refractivity contribution in [2.75, 3.05) is 0 Å². The number of aryl methyl sites for hydroxylation is 2. The minimum atomic E-state index is -0.332. The molecule has 1 aromatic heterocycles. The van der Waals surface area contributed by atoms with E-state index in [-0.39, 0.29) is 10.6 Å². The highest BCUT2D eigenvalue weighted by Crippen LogP contribution is 2.27. The summed E-state index contributed by atoms with van der Waals surface area (Å²) in [6, 6.07) is 0. The fourth-order valence-corrected chi connectivity index (χ4v) is 1.65. The second kappa shape index (κ2) is 2.38. The zero-order valence-electron chi connectivity index (χ0n) is 5.75. The average molecular weight is 157 g/mol. The first-order chi connectivity index (χ1) is 4.63. The third kappa shape index (κ3) is 1.02. The molecule has 0 aliphatic heterocycles. The van der Waals surface area contributed by atoms with Crippen LogP contribution in [0, 0.1) is 24.0 Å². The van der Waals surface area contributed by atoms with Crippen molar-refractivity contribution in [3.05, 3.63) is 25.9 Å². The van der Waals surface area contributed by atoms with Gasteiger partial charge in [-0.15, -0.1) is 11.3 Å². The van der Waals surface area contributed by atoms with Crippen molar-refractivity contribution in [3.8, 4) is 0 Å². The SMILES string of the molecule is Cc1csc(C)c1[N+](=O)[O-]. The molecule has 54 valence electrons. The molecule has 0 radical (unpaired) electrons. The first kappa shape index (κ1) is 7.21. The van der Waals surface area contributed by atoms with Gasteiger partial charge in [0.2, 0.25) is 0 Å². The number of thiophene rings is 1. The predicted molar refractivity (Wildman–Crippen MR) is 40.4 cm³/mol. The number of nitrogens with zero attached hydrogens (tertiary/aromatic N) is 1. The van der Waals surface area contributed by atoms with E-state index in [9.17, 15) is 10.1 Å². The molecule has 10 heavy (non-hydrogen) atoms. The minimum absolute atomic E-state index is 0.269. The molecule has 0 saturated heterocycles. The maximum absolute atomic E-state index is 10.3. The maximum Gasteiger partial charge on any atom is 0.285 e. The lowest BCUT2D eigenvalue weighted by atomic mass is 10.3. The van der Waals surface area contributed by atoms with Gasteiger partial charge in [-0.05, 0) is 13.8 Å². The van der Waals surface area contributed by atoms with Gasteiger partial charge in [0.05, 0.1) is 9.80 Å². The Morgan fingerprint density at radius 3 is 2.40 bits per heavy atom. The van der Waals surface area contributed by atoms with Crippen LogP contribution in [0.5, 0.6) is 0 Å². The molecular weight excluding hydrogens is 150 g/mol. The van der Waals surface area contributed by atoms with E-state index in [2.05, 4.69) is 0 Å². The highest BCUT2D eigenvalue weighted by Gasteiger charge is 2.15. The second-order valence-corrected chi connectivity index (χ2v) is 3.16. The molecular formula is C6H7NO2S. The Morgan fingerprint density at radius 2 is 2.20 bits per heavy atom. The van der Waals surface area contributed by atoms with Crippen LogP contribution in [0.25, 0.3) is 0 Å². The number of nitro groups is 1. The minimum Gasteiger partial charge on any atom is -0.258 e. The molecule has 1 heterocycles. The highest BCUT2D eigenvalue weighted by atomic mass is 32.1. The summed E-state index contributed by atoms with van der Waals surface area (Å²) in [7, 11) is 0. The van der Waals surface area contributed by atoms with Gasteiger partial charge in [-0.1, -0.05) is 0 Å². The van der Waals surface area contributed by atoms with E-state index in [1.807, 2.05) is 0 Å². The van der Waals surface area contributed by atoms with Gasteiger partial charge >= 0.3 is 0 Å². The summed E-state index contributed by atoms with van der Waals surface area (Å²) >= 11 is 1.42. The van der Waals surface area contributed by atoms with Gasteiger partial charge in [0.15, 0.2) is 0 Å². The molecule has 0 aliphatic carbocycles. The molecule has 0 N–H and O–H groups in total. The van der Waals surface area contributed by atoms with Crippen molar-refractivity contribution in [1.82, 2.24) is 0 Å². The molecule has 0 fully saturated rings. The van der Waals surface area contributed by atoms with Crippen LogP contribution in [0.3, 0.4) is 0 Å². The van der Waals surface area contributed by atoms with Gasteiger partial charge in [0.25, 0.3) is 5.69 Å². The smallest absolute Gasteiger partial charge is 0.258 e. The van der Waals surface area contributed by atoms with E-state index in [4.69, 9.17) is 0 Å². The van der Waals surface area contributed by atoms with Crippen LogP contribution in [0.1, 0.15) is 10.4 Å². The molecule has 0 aliphatic rings. The van der Waals surface area contributed by atoms with Crippen LogP contribution in [0.15, 0.2) is 5.38 Å². The Balaban J connectivity index is 3.23. The average Bonchev–Trinajstić information content (AvgIpc) is 2.11. The fraction of sp³-hybridized carbons (Fsp3) is 0.333. The lowest BCUT2D eigenvalue weighted by molar-refractivity contribution is -0.385. The van der Waals surface area contributed by atoms with E-state index < -0.39 is 0 Å². The van der Waals surface area contributed by atoms with Crippen LogP contribution in [-0.2, 0) is 0 Å². The standard InChI is InChI=1S/C6H7NO2S/c1-4-3-10-5(2)6(4)7(8)9/h3H,1-2H3. The van der Waals surface area contributed by atoms with Gasteiger partial charge in [-0.3, -0.25) is 10.1 Å². The van der Waals surface area contributed by atoms with Gasteiger partial charge < -0.3 is 0 Å². The van der Waals surface area contributed by atoms with Crippen LogP contribution >= 0.6 is 11.3 Å². The largest absolute Gasteiger partial charge is 0.285 e. The van der Waals surface area contributed by atoms with E-state index in [1.54, 1.807) is 19.2 Å². The van der Waals surface area contributed by atoms with Crippen molar-refractivity contribution in [2.45, 2.75) is 13.8 Å². The van der Waals surface area contributed by atoms with Crippen molar-refractivity contribution in [2.24, 2.45) is 0 Å². The molecule has 0 atom stereocenters. The maximum atomic E-state index is 10.3. The van der Waals surface area contributed by atoms with E-state index >= 15 is 0 Å². The zero-order valence-corrected chi connectivity index (χ0v) is 6.57. The van der Waals surface area contributed by atoms with Crippen molar-refractivity contribution in [1.29, 1.82) is 0 Å². The summed E-state index contributed by atoms with van der Waals surface area (Å²) in [6.07, 6.45) is 0. The quantitative estimate of drug-likeness (QED) is 0.463. The third-order valence-electron chi connectivity index (χ3n) is 1.30. The topological polar surface area (TPSA) is 43.1 Å². The van der Waals surface area contributed by atoms with Crippen molar-refractivity contribution in [3.63, 3.8) is 0 Å².